The first kappa shape index (κ1) is 24.7. The van der Waals surface area contributed by atoms with Crippen LogP contribution in [0, 0.1) is 6.92 Å². The van der Waals surface area contributed by atoms with Crippen LogP contribution >= 0.6 is 0 Å². The molecule has 0 radical (unpaired) electrons. The minimum absolute atomic E-state index is 0.00357. The molecule has 4 aromatic rings. The smallest absolute Gasteiger partial charge is 0.291 e. The van der Waals surface area contributed by atoms with Crippen LogP contribution in [-0.4, -0.2) is 67.1 Å². The Labute approximate surface area is 225 Å². The van der Waals surface area contributed by atoms with Crippen LogP contribution in [-0.2, 0) is 30.8 Å². The molecule has 0 bridgehead atoms. The summed E-state index contributed by atoms with van der Waals surface area (Å²) in [6.07, 6.45) is 2.26. The van der Waals surface area contributed by atoms with E-state index in [0.717, 1.165) is 35.7 Å². The van der Waals surface area contributed by atoms with Gasteiger partial charge >= 0.3 is 0 Å². The summed E-state index contributed by atoms with van der Waals surface area (Å²) in [5, 5.41) is 15.0. The number of anilines is 1. The molecule has 2 atom stereocenters. The molecule has 39 heavy (non-hydrogen) atoms. The Balaban J connectivity index is 1.11. The quantitative estimate of drug-likeness (QED) is 0.381. The topological polar surface area (TPSA) is 132 Å². The molecule has 0 saturated carbocycles. The van der Waals surface area contributed by atoms with Crippen LogP contribution in [0.3, 0.4) is 0 Å². The molecule has 0 fully saturated rings. The van der Waals surface area contributed by atoms with Crippen LogP contribution in [0.5, 0.6) is 5.75 Å². The summed E-state index contributed by atoms with van der Waals surface area (Å²) in [5.74, 6) is 1.48. The standard InChI is InChI=1S/C27H29N9O3/c1-17-30-24-12-28-20(14-36(24)32-17)10-19-8-9-23-22(11-19)34(2)27(38)21(15-39-23)31-26(37)25-29-16-35(33-25)13-18-6-4-3-5-7-18/h3-9,11,16,20-21,28H,10,12-15H2,1-2H3,(H,31,37). The van der Waals surface area contributed by atoms with E-state index in [1.54, 1.807) is 11.7 Å². The van der Waals surface area contributed by atoms with Gasteiger partial charge in [0.2, 0.25) is 5.82 Å². The van der Waals surface area contributed by atoms with Gasteiger partial charge in [-0.05, 0) is 36.6 Å². The van der Waals surface area contributed by atoms with Gasteiger partial charge in [-0.15, -0.1) is 5.10 Å². The third-order valence-corrected chi connectivity index (χ3v) is 6.93. The fourth-order valence-electron chi connectivity index (χ4n) is 4.95. The predicted octanol–water partition coefficient (Wildman–Crippen LogP) is 1.09. The first-order valence-corrected chi connectivity index (χ1v) is 12.8. The number of aromatic nitrogens is 6. The molecule has 2 unspecified atom stereocenters. The summed E-state index contributed by atoms with van der Waals surface area (Å²) in [7, 11) is 1.69. The minimum atomic E-state index is -0.881. The molecule has 2 N–H and O–H groups in total. The first-order valence-electron chi connectivity index (χ1n) is 12.8. The Bertz CT molecular complexity index is 1510. The van der Waals surface area contributed by atoms with Crippen molar-refractivity contribution >= 4 is 17.5 Å². The maximum atomic E-state index is 13.3. The third-order valence-electron chi connectivity index (χ3n) is 6.93. The van der Waals surface area contributed by atoms with Crippen molar-refractivity contribution in [2.45, 2.75) is 45.1 Å². The fraction of sp³-hybridized carbons (Fsp3) is 0.333. The van der Waals surface area contributed by atoms with Crippen molar-refractivity contribution < 1.29 is 14.3 Å². The number of rotatable bonds is 6. The molecule has 12 nitrogen and oxygen atoms in total. The summed E-state index contributed by atoms with van der Waals surface area (Å²) in [6.45, 7) is 3.78. The molecule has 2 aliphatic rings. The summed E-state index contributed by atoms with van der Waals surface area (Å²) < 4.78 is 9.49. The molecule has 2 aromatic heterocycles. The van der Waals surface area contributed by atoms with Gasteiger partial charge in [-0.1, -0.05) is 36.4 Å². The average Bonchev–Trinajstić information content (AvgIpc) is 3.54. The lowest BCUT2D eigenvalue weighted by molar-refractivity contribution is -0.120. The van der Waals surface area contributed by atoms with Gasteiger partial charge in [-0.25, -0.2) is 19.3 Å². The van der Waals surface area contributed by atoms with E-state index in [0.29, 0.717) is 24.5 Å². The highest BCUT2D eigenvalue weighted by Crippen LogP contribution is 2.32. The molecule has 2 aliphatic heterocycles. The van der Waals surface area contributed by atoms with Crippen LogP contribution in [0.4, 0.5) is 5.69 Å². The Kier molecular flexibility index (Phi) is 6.53. The highest BCUT2D eigenvalue weighted by Gasteiger charge is 2.32. The number of nitrogens with one attached hydrogen (secondary N) is 2. The van der Waals surface area contributed by atoms with E-state index in [9.17, 15) is 9.59 Å². The van der Waals surface area contributed by atoms with Crippen molar-refractivity contribution in [3.63, 3.8) is 0 Å². The number of aryl methyl sites for hydroxylation is 1. The van der Waals surface area contributed by atoms with Gasteiger partial charge in [0.05, 0.1) is 25.3 Å². The first-order chi connectivity index (χ1) is 18.9. The molecule has 0 saturated heterocycles. The van der Waals surface area contributed by atoms with E-state index in [1.807, 2.05) is 60.1 Å². The average molecular weight is 528 g/mol. The van der Waals surface area contributed by atoms with Gasteiger partial charge in [0.1, 0.15) is 36.4 Å². The lowest BCUT2D eigenvalue weighted by Gasteiger charge is -2.25. The third kappa shape index (κ3) is 5.23. The van der Waals surface area contributed by atoms with Gasteiger partial charge < -0.3 is 20.3 Å². The number of fused-ring (bicyclic) bond motifs is 2. The Morgan fingerprint density at radius 1 is 1.15 bits per heavy atom. The van der Waals surface area contributed by atoms with Crippen molar-refractivity contribution in [2.75, 3.05) is 18.6 Å². The number of benzene rings is 2. The summed E-state index contributed by atoms with van der Waals surface area (Å²) in [5.41, 5.74) is 2.76. The van der Waals surface area contributed by atoms with Crippen LogP contribution in [0.25, 0.3) is 0 Å². The van der Waals surface area contributed by atoms with Gasteiger partial charge in [-0.2, -0.15) is 5.10 Å². The largest absolute Gasteiger partial charge is 0.489 e. The molecule has 2 amide bonds. The molecule has 200 valence electrons. The zero-order valence-electron chi connectivity index (χ0n) is 21.7. The summed E-state index contributed by atoms with van der Waals surface area (Å²) >= 11 is 0. The van der Waals surface area contributed by atoms with Crippen molar-refractivity contribution in [1.82, 2.24) is 40.2 Å². The highest BCUT2D eigenvalue weighted by molar-refractivity contribution is 6.02. The van der Waals surface area contributed by atoms with Crippen molar-refractivity contribution in [1.29, 1.82) is 0 Å². The Hall–Kier alpha value is -4.58. The van der Waals surface area contributed by atoms with E-state index in [2.05, 4.69) is 30.8 Å². The van der Waals surface area contributed by atoms with Crippen LogP contribution in [0.1, 0.15) is 33.4 Å². The lowest BCUT2D eigenvalue weighted by atomic mass is 10.0. The molecule has 12 heteroatoms. The van der Waals surface area contributed by atoms with Crippen LogP contribution in [0.2, 0.25) is 0 Å². The number of hydrogen-bond donors (Lipinski definition) is 2. The van der Waals surface area contributed by atoms with E-state index >= 15 is 0 Å². The number of nitrogens with zero attached hydrogens (tertiary/aromatic N) is 7. The monoisotopic (exact) mass is 527 g/mol. The van der Waals surface area contributed by atoms with Gasteiger partial charge in [-0.3, -0.25) is 9.59 Å². The minimum Gasteiger partial charge on any atom is -0.489 e. The van der Waals surface area contributed by atoms with Gasteiger partial charge in [0, 0.05) is 13.1 Å². The second kappa shape index (κ2) is 10.3. The summed E-state index contributed by atoms with van der Waals surface area (Å²) in [6, 6.07) is 14.9. The fourth-order valence-corrected chi connectivity index (χ4v) is 4.95. The molecule has 0 aliphatic carbocycles. The van der Waals surface area contributed by atoms with Crippen molar-refractivity contribution in [3.05, 3.63) is 83.5 Å². The number of likely N-dealkylation sites (N-methyl/N-ethyl adjacent to an activating group) is 1. The molecular formula is C27H29N9O3. The van der Waals surface area contributed by atoms with E-state index in [-0.39, 0.29) is 24.4 Å². The SMILES string of the molecule is Cc1nc2n(n1)CC(Cc1ccc3c(c1)N(C)C(=O)C(NC(=O)c1ncn(Cc4ccccc4)n1)CO3)NC2. The molecular weight excluding hydrogens is 498 g/mol. The second-order valence-corrected chi connectivity index (χ2v) is 9.83. The van der Waals surface area contributed by atoms with Crippen LogP contribution < -0.4 is 20.3 Å². The Morgan fingerprint density at radius 2 is 2.00 bits per heavy atom. The number of carbonyl (C=O) groups excluding carboxylic acids is 2. The maximum absolute atomic E-state index is 13.3. The highest BCUT2D eigenvalue weighted by atomic mass is 16.5. The van der Waals surface area contributed by atoms with Gasteiger partial charge in [0.15, 0.2) is 0 Å². The number of ether oxygens (including phenoxy) is 1. The molecule has 0 spiro atoms. The van der Waals surface area contributed by atoms with Crippen molar-refractivity contribution in [3.8, 4) is 5.75 Å². The van der Waals surface area contributed by atoms with E-state index in [4.69, 9.17) is 4.74 Å². The van der Waals surface area contributed by atoms with E-state index in [1.165, 1.54) is 11.2 Å². The summed E-state index contributed by atoms with van der Waals surface area (Å²) in [4.78, 5) is 36.3. The molecule has 6 rings (SSSR count). The van der Waals surface area contributed by atoms with Crippen LogP contribution in [0.15, 0.2) is 54.9 Å². The number of hydrogen-bond acceptors (Lipinski definition) is 8. The number of carbonyl (C=O) groups is 2. The zero-order chi connectivity index (χ0) is 26.9. The normalized spacial score (nSPS) is 18.6. The Morgan fingerprint density at radius 3 is 2.85 bits per heavy atom. The van der Waals surface area contributed by atoms with Gasteiger partial charge in [0.25, 0.3) is 11.8 Å². The van der Waals surface area contributed by atoms with Crippen molar-refractivity contribution in [2.24, 2.45) is 0 Å². The zero-order valence-corrected chi connectivity index (χ0v) is 21.7. The maximum Gasteiger partial charge on any atom is 0.291 e. The lowest BCUT2D eigenvalue weighted by Crippen LogP contribution is -2.49. The number of amides is 2. The second-order valence-electron chi connectivity index (χ2n) is 9.83. The molecule has 4 heterocycles. The molecule has 2 aromatic carbocycles. The van der Waals surface area contributed by atoms with E-state index < -0.39 is 11.9 Å². The predicted molar refractivity (Wildman–Crippen MR) is 141 cm³/mol.